The van der Waals surface area contributed by atoms with Crippen molar-refractivity contribution in [2.24, 2.45) is 5.73 Å². The summed E-state index contributed by atoms with van der Waals surface area (Å²) in [5.41, 5.74) is 7.88. The summed E-state index contributed by atoms with van der Waals surface area (Å²) >= 11 is 12.2. The van der Waals surface area contributed by atoms with Crippen LogP contribution in [0.25, 0.3) is 0 Å². The molecule has 20 heavy (non-hydrogen) atoms. The molecule has 2 nitrogen and oxygen atoms in total. The van der Waals surface area contributed by atoms with Crippen molar-refractivity contribution in [2.75, 3.05) is 0 Å². The Balaban J connectivity index is 2.04. The average molecular weight is 310 g/mol. The molecular weight excluding hydrogens is 293 g/mol. The molecule has 0 heterocycles. The third kappa shape index (κ3) is 3.66. The van der Waals surface area contributed by atoms with Gasteiger partial charge in [-0.25, -0.2) is 0 Å². The third-order valence-corrected chi connectivity index (χ3v) is 3.90. The zero-order chi connectivity index (χ0) is 14.5. The highest BCUT2D eigenvalue weighted by Gasteiger charge is 2.07. The van der Waals surface area contributed by atoms with E-state index in [9.17, 15) is 0 Å². The largest absolute Gasteiger partial charge is 0.489 e. The van der Waals surface area contributed by atoms with Gasteiger partial charge in [-0.2, -0.15) is 0 Å². The Kier molecular flexibility index (Phi) is 5.30. The van der Waals surface area contributed by atoms with Crippen molar-refractivity contribution in [3.63, 3.8) is 0 Å². The molecule has 2 aromatic carbocycles. The molecule has 106 valence electrons. The topological polar surface area (TPSA) is 35.2 Å². The van der Waals surface area contributed by atoms with Gasteiger partial charge in [0.25, 0.3) is 0 Å². The van der Waals surface area contributed by atoms with E-state index in [0.717, 1.165) is 23.3 Å². The van der Waals surface area contributed by atoms with Crippen LogP contribution in [0.3, 0.4) is 0 Å². The highest BCUT2D eigenvalue weighted by Crippen LogP contribution is 2.26. The molecule has 0 bridgehead atoms. The Morgan fingerprint density at radius 3 is 2.20 bits per heavy atom. The first-order chi connectivity index (χ1) is 9.61. The molecule has 0 aliphatic rings. The Bertz CT molecular complexity index is 549. The third-order valence-electron chi connectivity index (χ3n) is 3.19. The van der Waals surface area contributed by atoms with Crippen LogP contribution in [0.2, 0.25) is 10.0 Å². The Morgan fingerprint density at radius 1 is 1.05 bits per heavy atom. The predicted octanol–water partition coefficient (Wildman–Crippen LogP) is 4.98. The fourth-order valence-corrected chi connectivity index (χ4v) is 2.38. The molecule has 2 N–H and O–H groups in total. The summed E-state index contributed by atoms with van der Waals surface area (Å²) in [6.07, 6.45) is 0.912. The normalized spacial score (nSPS) is 12.2. The lowest BCUT2D eigenvalue weighted by molar-refractivity contribution is 0.306. The van der Waals surface area contributed by atoms with E-state index in [1.807, 2.05) is 30.3 Å². The van der Waals surface area contributed by atoms with Crippen LogP contribution >= 0.6 is 23.2 Å². The van der Waals surface area contributed by atoms with Crippen LogP contribution in [0.5, 0.6) is 5.75 Å². The van der Waals surface area contributed by atoms with Crippen LogP contribution in [0, 0.1) is 0 Å². The summed E-state index contributed by atoms with van der Waals surface area (Å²) in [7, 11) is 0. The summed E-state index contributed by atoms with van der Waals surface area (Å²) in [4.78, 5) is 0. The number of benzene rings is 2. The van der Waals surface area contributed by atoms with E-state index in [-0.39, 0.29) is 6.04 Å². The second kappa shape index (κ2) is 6.98. The van der Waals surface area contributed by atoms with E-state index >= 15 is 0 Å². The summed E-state index contributed by atoms with van der Waals surface area (Å²) in [6, 6.07) is 13.3. The number of hydrogen-bond donors (Lipinski definition) is 1. The van der Waals surface area contributed by atoms with Gasteiger partial charge in [-0.3, -0.25) is 0 Å². The van der Waals surface area contributed by atoms with Crippen LogP contribution < -0.4 is 10.5 Å². The molecule has 4 heteroatoms. The number of halogens is 2. The lowest BCUT2D eigenvalue weighted by atomic mass is 10.1. The van der Waals surface area contributed by atoms with Gasteiger partial charge < -0.3 is 10.5 Å². The minimum Gasteiger partial charge on any atom is -0.489 e. The van der Waals surface area contributed by atoms with E-state index in [4.69, 9.17) is 33.7 Å². The highest BCUT2D eigenvalue weighted by molar-refractivity contribution is 6.35. The van der Waals surface area contributed by atoms with E-state index in [2.05, 4.69) is 6.92 Å². The lowest BCUT2D eigenvalue weighted by Gasteiger charge is -2.12. The van der Waals surface area contributed by atoms with Crippen molar-refractivity contribution in [3.05, 3.63) is 63.6 Å². The first kappa shape index (κ1) is 15.2. The molecule has 2 rings (SSSR count). The maximum absolute atomic E-state index is 6.10. The van der Waals surface area contributed by atoms with Gasteiger partial charge in [0.05, 0.1) is 0 Å². The minimum atomic E-state index is 0.0714. The van der Waals surface area contributed by atoms with Crippen molar-refractivity contribution in [1.82, 2.24) is 0 Å². The molecular formula is C16H17Cl2NO. The Hall–Kier alpha value is -1.22. The summed E-state index contributed by atoms with van der Waals surface area (Å²) in [5.74, 6) is 0.771. The monoisotopic (exact) mass is 309 g/mol. The van der Waals surface area contributed by atoms with Gasteiger partial charge in [0.15, 0.2) is 0 Å². The van der Waals surface area contributed by atoms with Crippen molar-refractivity contribution in [1.29, 1.82) is 0 Å². The van der Waals surface area contributed by atoms with Crippen molar-refractivity contribution < 1.29 is 4.74 Å². The lowest BCUT2D eigenvalue weighted by Crippen LogP contribution is -2.08. The van der Waals surface area contributed by atoms with Gasteiger partial charge >= 0.3 is 0 Å². The van der Waals surface area contributed by atoms with E-state index < -0.39 is 0 Å². The number of ether oxygens (including phenoxy) is 1. The predicted molar refractivity (Wildman–Crippen MR) is 84.5 cm³/mol. The van der Waals surface area contributed by atoms with Crippen LogP contribution in [-0.2, 0) is 6.61 Å². The molecule has 0 aliphatic heterocycles. The maximum Gasteiger partial charge on any atom is 0.119 e. The zero-order valence-electron chi connectivity index (χ0n) is 11.3. The first-order valence-electron chi connectivity index (χ1n) is 6.53. The van der Waals surface area contributed by atoms with Gasteiger partial charge in [0.1, 0.15) is 12.4 Å². The van der Waals surface area contributed by atoms with E-state index in [1.54, 1.807) is 12.1 Å². The molecule has 0 aliphatic carbocycles. The van der Waals surface area contributed by atoms with Gasteiger partial charge in [-0.15, -0.1) is 0 Å². The molecule has 0 saturated heterocycles. The zero-order valence-corrected chi connectivity index (χ0v) is 12.8. The molecule has 0 aromatic heterocycles. The summed E-state index contributed by atoms with van der Waals surface area (Å²) in [5, 5.41) is 1.23. The summed E-state index contributed by atoms with van der Waals surface area (Å²) < 4.78 is 5.71. The van der Waals surface area contributed by atoms with Gasteiger partial charge in [-0.05, 0) is 36.2 Å². The number of rotatable bonds is 5. The van der Waals surface area contributed by atoms with Crippen molar-refractivity contribution in [3.8, 4) is 5.75 Å². The SMILES string of the molecule is CCC(N)c1ccc(OCc2c(Cl)cccc2Cl)cc1. The molecule has 0 fully saturated rings. The van der Waals surface area contributed by atoms with Crippen LogP contribution in [0.15, 0.2) is 42.5 Å². The smallest absolute Gasteiger partial charge is 0.119 e. The fraction of sp³-hybridized carbons (Fsp3) is 0.250. The van der Waals surface area contributed by atoms with Crippen LogP contribution in [0.4, 0.5) is 0 Å². The quantitative estimate of drug-likeness (QED) is 0.845. The molecule has 0 saturated carbocycles. The van der Waals surface area contributed by atoms with Crippen molar-refractivity contribution >= 4 is 23.2 Å². The van der Waals surface area contributed by atoms with Crippen LogP contribution in [0.1, 0.15) is 30.5 Å². The second-order valence-corrected chi connectivity index (χ2v) is 5.39. The molecule has 1 unspecified atom stereocenters. The van der Waals surface area contributed by atoms with E-state index in [0.29, 0.717) is 16.7 Å². The van der Waals surface area contributed by atoms with Crippen LogP contribution in [-0.4, -0.2) is 0 Å². The Labute approximate surface area is 129 Å². The maximum atomic E-state index is 6.10. The van der Waals surface area contributed by atoms with Crippen molar-refractivity contribution in [2.45, 2.75) is 26.0 Å². The van der Waals surface area contributed by atoms with Gasteiger partial charge in [0.2, 0.25) is 0 Å². The molecule has 0 spiro atoms. The molecule has 2 aromatic rings. The second-order valence-electron chi connectivity index (χ2n) is 4.57. The molecule has 1 atom stereocenters. The minimum absolute atomic E-state index is 0.0714. The standard InChI is InChI=1S/C16H17Cl2NO/c1-2-16(19)11-6-8-12(9-7-11)20-10-13-14(17)4-3-5-15(13)18/h3-9,16H,2,10,19H2,1H3. The summed E-state index contributed by atoms with van der Waals surface area (Å²) in [6.45, 7) is 2.41. The van der Waals surface area contributed by atoms with Gasteiger partial charge in [0, 0.05) is 21.7 Å². The highest BCUT2D eigenvalue weighted by atomic mass is 35.5. The van der Waals surface area contributed by atoms with Gasteiger partial charge in [-0.1, -0.05) is 48.3 Å². The van der Waals surface area contributed by atoms with E-state index in [1.165, 1.54) is 0 Å². The molecule has 0 radical (unpaired) electrons. The Morgan fingerprint density at radius 2 is 1.65 bits per heavy atom. The number of hydrogen-bond acceptors (Lipinski definition) is 2. The molecule has 0 amide bonds. The average Bonchev–Trinajstić information content (AvgIpc) is 2.46. The first-order valence-corrected chi connectivity index (χ1v) is 7.28. The fourth-order valence-electron chi connectivity index (χ4n) is 1.87. The number of nitrogens with two attached hydrogens (primary N) is 1.